The van der Waals surface area contributed by atoms with Crippen LogP contribution in [0.5, 0.6) is 0 Å². The average molecular weight is 310 g/mol. The molecular formula is C13H16BrN3O. The molecule has 1 aromatic heterocycles. The lowest BCUT2D eigenvalue weighted by molar-refractivity contribution is 0.523. The molecule has 0 saturated carbocycles. The molecule has 0 aliphatic heterocycles. The number of nitrogen functional groups attached to an aromatic ring is 1. The lowest BCUT2D eigenvalue weighted by Gasteiger charge is -2.12. The van der Waals surface area contributed by atoms with Crippen LogP contribution in [0.2, 0.25) is 0 Å². The summed E-state index contributed by atoms with van der Waals surface area (Å²) in [7, 11) is 0. The molecule has 0 radical (unpaired) electrons. The first-order valence-corrected chi connectivity index (χ1v) is 6.69. The number of benzene rings is 1. The summed E-state index contributed by atoms with van der Waals surface area (Å²) in [5.74, 6) is 0. The summed E-state index contributed by atoms with van der Waals surface area (Å²) < 4.78 is 4.51. The Hall–Kier alpha value is -1.49. The third-order valence-electron chi connectivity index (χ3n) is 2.93. The Morgan fingerprint density at radius 2 is 2.11 bits per heavy atom. The highest BCUT2D eigenvalue weighted by molar-refractivity contribution is 9.10. The Balaban J connectivity index is 2.70. The molecule has 5 heteroatoms. The van der Waals surface area contributed by atoms with Gasteiger partial charge in [-0.15, -0.1) is 0 Å². The van der Waals surface area contributed by atoms with Crippen molar-refractivity contribution in [2.24, 2.45) is 0 Å². The van der Waals surface area contributed by atoms with E-state index in [1.807, 2.05) is 35.9 Å². The van der Waals surface area contributed by atoms with Gasteiger partial charge in [0, 0.05) is 11.0 Å². The van der Waals surface area contributed by atoms with E-state index in [-0.39, 0.29) is 5.56 Å². The first kappa shape index (κ1) is 13.0. The van der Waals surface area contributed by atoms with E-state index in [0.717, 1.165) is 28.8 Å². The van der Waals surface area contributed by atoms with E-state index >= 15 is 0 Å². The van der Waals surface area contributed by atoms with Gasteiger partial charge < -0.3 is 5.73 Å². The Bertz CT molecular complexity index is 628. The van der Waals surface area contributed by atoms with Gasteiger partial charge in [0.25, 0.3) is 5.56 Å². The van der Waals surface area contributed by atoms with Crippen LogP contribution in [0.3, 0.4) is 0 Å². The van der Waals surface area contributed by atoms with Gasteiger partial charge in [-0.25, -0.2) is 4.68 Å². The minimum Gasteiger partial charge on any atom is -0.393 e. The van der Waals surface area contributed by atoms with E-state index < -0.39 is 0 Å². The molecule has 2 aromatic rings. The van der Waals surface area contributed by atoms with Gasteiger partial charge in [0.05, 0.1) is 11.4 Å². The van der Waals surface area contributed by atoms with Crippen molar-refractivity contribution < 1.29 is 0 Å². The highest BCUT2D eigenvalue weighted by Crippen LogP contribution is 2.17. The molecule has 0 aliphatic carbocycles. The summed E-state index contributed by atoms with van der Waals surface area (Å²) in [5.41, 5.74) is 7.66. The molecule has 0 spiro atoms. The number of nitrogens with zero attached hydrogens (tertiary/aromatic N) is 2. The Morgan fingerprint density at radius 3 is 2.72 bits per heavy atom. The fraction of sp³-hybridized carbons (Fsp3) is 0.308. The molecule has 0 atom stereocenters. The van der Waals surface area contributed by atoms with Crippen molar-refractivity contribution >= 4 is 21.6 Å². The molecule has 0 saturated heterocycles. The Labute approximate surface area is 114 Å². The number of rotatable bonds is 3. The minimum absolute atomic E-state index is 0.154. The molecule has 1 heterocycles. The van der Waals surface area contributed by atoms with Gasteiger partial charge in [-0.05, 0) is 31.5 Å². The molecular weight excluding hydrogens is 294 g/mol. The van der Waals surface area contributed by atoms with Crippen LogP contribution in [0.25, 0.3) is 5.69 Å². The van der Waals surface area contributed by atoms with E-state index in [4.69, 9.17) is 5.73 Å². The van der Waals surface area contributed by atoms with Crippen LogP contribution in [0.4, 0.5) is 5.69 Å². The van der Waals surface area contributed by atoms with Gasteiger partial charge >= 0.3 is 0 Å². The number of anilines is 1. The monoisotopic (exact) mass is 309 g/mol. The summed E-state index contributed by atoms with van der Waals surface area (Å²) >= 11 is 3.42. The molecule has 0 amide bonds. The zero-order valence-corrected chi connectivity index (χ0v) is 12.1. The second kappa shape index (κ2) is 5.02. The largest absolute Gasteiger partial charge is 0.393 e. The highest BCUT2D eigenvalue weighted by atomic mass is 79.9. The third kappa shape index (κ3) is 2.10. The molecule has 4 nitrogen and oxygen atoms in total. The highest BCUT2D eigenvalue weighted by Gasteiger charge is 2.15. The average Bonchev–Trinajstić information content (AvgIpc) is 2.55. The van der Waals surface area contributed by atoms with Gasteiger partial charge in [-0.3, -0.25) is 9.48 Å². The number of hydrogen-bond acceptors (Lipinski definition) is 2. The number of nitrogens with two attached hydrogens (primary N) is 1. The third-order valence-corrected chi connectivity index (χ3v) is 3.42. The van der Waals surface area contributed by atoms with Crippen LogP contribution in [-0.2, 0) is 6.54 Å². The molecule has 0 bridgehead atoms. The van der Waals surface area contributed by atoms with E-state index in [1.54, 1.807) is 4.68 Å². The van der Waals surface area contributed by atoms with Crippen molar-refractivity contribution in [2.45, 2.75) is 26.8 Å². The quantitative estimate of drug-likeness (QED) is 0.947. The maximum atomic E-state index is 12.2. The van der Waals surface area contributed by atoms with Crippen LogP contribution >= 0.6 is 15.9 Å². The van der Waals surface area contributed by atoms with Crippen LogP contribution in [0.15, 0.2) is 33.5 Å². The lowest BCUT2D eigenvalue weighted by atomic mass is 10.3. The van der Waals surface area contributed by atoms with Gasteiger partial charge in [0.2, 0.25) is 0 Å². The van der Waals surface area contributed by atoms with Crippen molar-refractivity contribution in [3.8, 4) is 5.69 Å². The van der Waals surface area contributed by atoms with E-state index in [2.05, 4.69) is 22.9 Å². The molecule has 96 valence electrons. The van der Waals surface area contributed by atoms with Crippen molar-refractivity contribution in [3.05, 3.63) is 44.8 Å². The van der Waals surface area contributed by atoms with Crippen LogP contribution < -0.4 is 11.3 Å². The minimum atomic E-state index is -0.154. The first-order valence-electron chi connectivity index (χ1n) is 5.90. The predicted octanol–water partition coefficient (Wildman–Crippen LogP) is 2.70. The van der Waals surface area contributed by atoms with E-state index in [1.165, 1.54) is 0 Å². The molecule has 18 heavy (non-hydrogen) atoms. The lowest BCUT2D eigenvalue weighted by Crippen LogP contribution is -2.22. The molecule has 1 aromatic carbocycles. The second-order valence-corrected chi connectivity index (χ2v) is 5.13. The summed E-state index contributed by atoms with van der Waals surface area (Å²) in [6.45, 7) is 4.72. The molecule has 0 unspecified atom stereocenters. The molecule has 0 aliphatic rings. The normalized spacial score (nSPS) is 10.8. The molecule has 2 rings (SSSR count). The Kier molecular flexibility index (Phi) is 3.61. The first-order chi connectivity index (χ1) is 8.56. The van der Waals surface area contributed by atoms with Crippen molar-refractivity contribution in [1.82, 2.24) is 9.36 Å². The number of aromatic nitrogens is 2. The van der Waals surface area contributed by atoms with Crippen molar-refractivity contribution in [1.29, 1.82) is 0 Å². The van der Waals surface area contributed by atoms with E-state index in [9.17, 15) is 4.79 Å². The van der Waals surface area contributed by atoms with Gasteiger partial charge in [-0.2, -0.15) is 0 Å². The molecule has 0 fully saturated rings. The van der Waals surface area contributed by atoms with Gasteiger partial charge in [-0.1, -0.05) is 28.9 Å². The van der Waals surface area contributed by atoms with Crippen LogP contribution in [-0.4, -0.2) is 9.36 Å². The van der Waals surface area contributed by atoms with Crippen molar-refractivity contribution in [3.63, 3.8) is 0 Å². The Morgan fingerprint density at radius 1 is 1.39 bits per heavy atom. The summed E-state index contributed by atoms with van der Waals surface area (Å²) in [4.78, 5) is 12.2. The zero-order valence-electron chi connectivity index (χ0n) is 10.5. The SMILES string of the molecule is CCCn1c(C)c(N)c(=O)n1-c1cccc(Br)c1. The van der Waals surface area contributed by atoms with Crippen molar-refractivity contribution in [2.75, 3.05) is 5.73 Å². The summed E-state index contributed by atoms with van der Waals surface area (Å²) in [6.07, 6.45) is 0.947. The molecule has 2 N–H and O–H groups in total. The fourth-order valence-electron chi connectivity index (χ4n) is 2.01. The number of hydrogen-bond donors (Lipinski definition) is 1. The second-order valence-electron chi connectivity index (χ2n) is 4.22. The van der Waals surface area contributed by atoms with E-state index in [0.29, 0.717) is 5.69 Å². The van der Waals surface area contributed by atoms with Gasteiger partial charge in [0.1, 0.15) is 5.69 Å². The summed E-state index contributed by atoms with van der Waals surface area (Å²) in [6, 6.07) is 7.64. The topological polar surface area (TPSA) is 52.9 Å². The maximum Gasteiger partial charge on any atom is 0.294 e. The number of halogens is 1. The van der Waals surface area contributed by atoms with Crippen LogP contribution in [0.1, 0.15) is 19.0 Å². The fourth-order valence-corrected chi connectivity index (χ4v) is 2.40. The standard InChI is InChI=1S/C13H16BrN3O/c1-3-7-16-9(2)12(15)13(18)17(16)11-6-4-5-10(14)8-11/h4-6,8H,3,7,15H2,1-2H3. The maximum absolute atomic E-state index is 12.2. The predicted molar refractivity (Wildman–Crippen MR) is 77.2 cm³/mol. The summed E-state index contributed by atoms with van der Waals surface area (Å²) in [5, 5.41) is 0. The van der Waals surface area contributed by atoms with Gasteiger partial charge in [0.15, 0.2) is 0 Å². The van der Waals surface area contributed by atoms with Crippen LogP contribution in [0, 0.1) is 6.92 Å². The zero-order chi connectivity index (χ0) is 13.3. The smallest absolute Gasteiger partial charge is 0.294 e.